The van der Waals surface area contributed by atoms with E-state index in [-0.39, 0.29) is 6.61 Å². The van der Waals surface area contributed by atoms with Gasteiger partial charge in [0, 0.05) is 38.6 Å². The van der Waals surface area contributed by atoms with Crippen LogP contribution < -0.4 is 10.2 Å². The average molecular weight is 261 g/mol. The van der Waals surface area contributed by atoms with Gasteiger partial charge >= 0.3 is 0 Å². The molecule has 0 unspecified atom stereocenters. The molecule has 0 saturated heterocycles. The number of hydrogen-bond acceptors (Lipinski definition) is 5. The van der Waals surface area contributed by atoms with E-state index >= 15 is 0 Å². The first kappa shape index (κ1) is 13.4. The van der Waals surface area contributed by atoms with Crippen LogP contribution in [0.4, 0.5) is 11.4 Å². The highest BCUT2D eigenvalue weighted by atomic mass is 16.3. The van der Waals surface area contributed by atoms with Crippen molar-refractivity contribution in [2.75, 3.05) is 30.9 Å². The maximum Gasteiger partial charge on any atom is 0.0766 e. The summed E-state index contributed by atoms with van der Waals surface area (Å²) in [5.41, 5.74) is 3.15. The third-order valence-corrected chi connectivity index (χ3v) is 2.78. The molecule has 0 aliphatic rings. The number of pyridine rings is 1. The van der Waals surface area contributed by atoms with E-state index in [0.29, 0.717) is 13.1 Å². The molecule has 0 bridgehead atoms. The van der Waals surface area contributed by atoms with Crippen LogP contribution in [0.5, 0.6) is 0 Å². The number of aliphatic hydroxyl groups excluding tert-OH is 1. The van der Waals surface area contributed by atoms with Gasteiger partial charge in [0.15, 0.2) is 0 Å². The van der Waals surface area contributed by atoms with E-state index in [1.54, 1.807) is 17.1 Å². The molecule has 0 aliphatic heterocycles. The van der Waals surface area contributed by atoms with Gasteiger partial charge in [0.1, 0.15) is 0 Å². The van der Waals surface area contributed by atoms with E-state index in [4.69, 9.17) is 5.11 Å². The van der Waals surface area contributed by atoms with Gasteiger partial charge in [-0.25, -0.2) is 0 Å². The Balaban J connectivity index is 2.01. The molecule has 2 rings (SSSR count). The summed E-state index contributed by atoms with van der Waals surface area (Å²) in [4.78, 5) is 6.17. The van der Waals surface area contributed by atoms with Crippen LogP contribution in [0, 0.1) is 0 Å². The highest BCUT2D eigenvalue weighted by Crippen LogP contribution is 2.22. The molecule has 0 aliphatic carbocycles. The zero-order valence-electron chi connectivity index (χ0n) is 11.2. The lowest BCUT2D eigenvalue weighted by molar-refractivity contribution is 0.269. The fraction of sp³-hybridized carbons (Fsp3) is 0.385. The van der Waals surface area contributed by atoms with Crippen LogP contribution in [0.25, 0.3) is 0 Å². The maximum atomic E-state index is 8.84. The Kier molecular flexibility index (Phi) is 4.35. The van der Waals surface area contributed by atoms with Crippen molar-refractivity contribution in [1.82, 2.24) is 14.8 Å². The normalized spacial score (nSPS) is 10.5. The topological polar surface area (TPSA) is 66.2 Å². The average Bonchev–Trinajstić information content (AvgIpc) is 2.85. The quantitative estimate of drug-likeness (QED) is 0.810. The maximum absolute atomic E-state index is 8.84. The van der Waals surface area contributed by atoms with Crippen molar-refractivity contribution in [1.29, 1.82) is 0 Å². The summed E-state index contributed by atoms with van der Waals surface area (Å²) < 4.78 is 1.73. The predicted octanol–water partition coefficient (Wildman–Crippen LogP) is 0.948. The van der Waals surface area contributed by atoms with Crippen LogP contribution in [-0.2, 0) is 13.1 Å². The van der Waals surface area contributed by atoms with Gasteiger partial charge in [-0.05, 0) is 6.07 Å². The first-order valence-corrected chi connectivity index (χ1v) is 6.18. The molecule has 0 spiro atoms. The molecule has 0 fully saturated rings. The van der Waals surface area contributed by atoms with Gasteiger partial charge < -0.3 is 15.3 Å². The molecule has 0 saturated carbocycles. The van der Waals surface area contributed by atoms with Crippen LogP contribution in [0.2, 0.25) is 0 Å². The number of nitrogens with one attached hydrogen (secondary N) is 1. The SMILES string of the molecule is CN(C)c1ccncc1NCc1cnn(CCO)c1. The molecule has 19 heavy (non-hydrogen) atoms. The summed E-state index contributed by atoms with van der Waals surface area (Å²) in [5, 5.41) is 16.4. The lowest BCUT2D eigenvalue weighted by atomic mass is 10.3. The second-order valence-corrected chi connectivity index (χ2v) is 4.48. The van der Waals surface area contributed by atoms with Crippen LogP contribution in [0.1, 0.15) is 5.56 Å². The molecule has 0 atom stereocenters. The van der Waals surface area contributed by atoms with Crippen molar-refractivity contribution >= 4 is 11.4 Å². The van der Waals surface area contributed by atoms with Crippen LogP contribution in [0.3, 0.4) is 0 Å². The van der Waals surface area contributed by atoms with Crippen molar-refractivity contribution in [3.05, 3.63) is 36.4 Å². The van der Waals surface area contributed by atoms with Crippen molar-refractivity contribution in [2.45, 2.75) is 13.1 Å². The number of rotatable bonds is 6. The first-order chi connectivity index (χ1) is 9.20. The van der Waals surface area contributed by atoms with Crippen LogP contribution in [0.15, 0.2) is 30.9 Å². The van der Waals surface area contributed by atoms with E-state index in [1.165, 1.54) is 0 Å². The first-order valence-electron chi connectivity index (χ1n) is 6.18. The van der Waals surface area contributed by atoms with Crippen molar-refractivity contribution in [3.63, 3.8) is 0 Å². The molecule has 2 aromatic rings. The highest BCUT2D eigenvalue weighted by molar-refractivity contribution is 5.68. The minimum absolute atomic E-state index is 0.0991. The Bertz CT molecular complexity index is 523. The van der Waals surface area contributed by atoms with E-state index in [1.807, 2.05) is 37.5 Å². The molecule has 0 aromatic carbocycles. The Morgan fingerprint density at radius 3 is 2.95 bits per heavy atom. The summed E-state index contributed by atoms with van der Waals surface area (Å²) in [5.74, 6) is 0. The third kappa shape index (κ3) is 3.45. The summed E-state index contributed by atoms with van der Waals surface area (Å²) in [7, 11) is 4.00. The van der Waals surface area contributed by atoms with Crippen molar-refractivity contribution in [2.24, 2.45) is 0 Å². The van der Waals surface area contributed by atoms with E-state index in [0.717, 1.165) is 16.9 Å². The predicted molar refractivity (Wildman–Crippen MR) is 75.2 cm³/mol. The van der Waals surface area contributed by atoms with Gasteiger partial charge in [-0.2, -0.15) is 5.10 Å². The minimum atomic E-state index is 0.0991. The van der Waals surface area contributed by atoms with E-state index in [2.05, 4.69) is 15.4 Å². The number of nitrogens with zero attached hydrogens (tertiary/aromatic N) is 4. The van der Waals surface area contributed by atoms with Crippen LogP contribution in [-0.4, -0.2) is 40.6 Å². The molecule has 102 valence electrons. The Hall–Kier alpha value is -2.08. The number of aliphatic hydroxyl groups is 1. The molecule has 2 aromatic heterocycles. The lowest BCUT2D eigenvalue weighted by Crippen LogP contribution is -2.12. The number of aromatic nitrogens is 3. The van der Waals surface area contributed by atoms with E-state index in [9.17, 15) is 0 Å². The zero-order chi connectivity index (χ0) is 13.7. The van der Waals surface area contributed by atoms with Gasteiger partial charge in [0.05, 0.1) is 36.9 Å². The molecule has 0 amide bonds. The molecule has 2 heterocycles. The minimum Gasteiger partial charge on any atom is -0.394 e. The molecule has 0 radical (unpaired) electrons. The van der Waals surface area contributed by atoms with Gasteiger partial charge in [-0.3, -0.25) is 9.67 Å². The molecule has 2 N–H and O–H groups in total. The number of anilines is 2. The fourth-order valence-electron chi connectivity index (χ4n) is 1.83. The second kappa shape index (κ2) is 6.19. The molecule has 6 heteroatoms. The zero-order valence-corrected chi connectivity index (χ0v) is 11.2. The smallest absolute Gasteiger partial charge is 0.0766 e. The summed E-state index contributed by atoms with van der Waals surface area (Å²) in [6, 6.07) is 1.97. The Labute approximate surface area is 112 Å². The third-order valence-electron chi connectivity index (χ3n) is 2.78. The van der Waals surface area contributed by atoms with Crippen LogP contribution >= 0.6 is 0 Å². The second-order valence-electron chi connectivity index (χ2n) is 4.48. The molecular weight excluding hydrogens is 242 g/mol. The standard InChI is InChI=1S/C13H19N5O/c1-17(2)13-3-4-14-9-12(13)15-7-11-8-16-18(10-11)5-6-19/h3-4,8-10,15,19H,5-7H2,1-2H3. The van der Waals surface area contributed by atoms with E-state index < -0.39 is 0 Å². The summed E-state index contributed by atoms with van der Waals surface area (Å²) >= 11 is 0. The summed E-state index contributed by atoms with van der Waals surface area (Å²) in [6.07, 6.45) is 7.32. The van der Waals surface area contributed by atoms with Crippen molar-refractivity contribution in [3.8, 4) is 0 Å². The van der Waals surface area contributed by atoms with Gasteiger partial charge in [-0.1, -0.05) is 0 Å². The van der Waals surface area contributed by atoms with Gasteiger partial charge in [0.25, 0.3) is 0 Å². The van der Waals surface area contributed by atoms with Gasteiger partial charge in [-0.15, -0.1) is 0 Å². The Morgan fingerprint density at radius 2 is 2.21 bits per heavy atom. The molecular formula is C13H19N5O. The highest BCUT2D eigenvalue weighted by Gasteiger charge is 2.04. The van der Waals surface area contributed by atoms with Crippen molar-refractivity contribution < 1.29 is 5.11 Å². The number of hydrogen-bond donors (Lipinski definition) is 2. The lowest BCUT2D eigenvalue weighted by Gasteiger charge is -2.17. The summed E-state index contributed by atoms with van der Waals surface area (Å²) in [6.45, 7) is 1.30. The fourth-order valence-corrected chi connectivity index (χ4v) is 1.83. The monoisotopic (exact) mass is 261 g/mol. The van der Waals surface area contributed by atoms with Gasteiger partial charge in [0.2, 0.25) is 0 Å². The Morgan fingerprint density at radius 1 is 1.37 bits per heavy atom. The largest absolute Gasteiger partial charge is 0.394 e. The molecule has 6 nitrogen and oxygen atoms in total.